The van der Waals surface area contributed by atoms with Gasteiger partial charge < -0.3 is 19.8 Å². The van der Waals surface area contributed by atoms with Crippen molar-refractivity contribution in [2.75, 3.05) is 26.1 Å². The number of imidazole rings is 1. The van der Waals surface area contributed by atoms with Gasteiger partial charge in [0.05, 0.1) is 30.3 Å². The molecule has 5 nitrogen and oxygen atoms in total. The van der Waals surface area contributed by atoms with Crippen molar-refractivity contribution >= 4 is 17.0 Å². The van der Waals surface area contributed by atoms with E-state index >= 15 is 0 Å². The van der Waals surface area contributed by atoms with Gasteiger partial charge in [-0.3, -0.25) is 0 Å². The smallest absolute Gasteiger partial charge is 0.201 e. The molecule has 1 fully saturated rings. The summed E-state index contributed by atoms with van der Waals surface area (Å²) in [6.07, 6.45) is 0.850. The highest BCUT2D eigenvalue weighted by Gasteiger charge is 2.34. The van der Waals surface area contributed by atoms with Gasteiger partial charge in [0.2, 0.25) is 5.95 Å². The fourth-order valence-electron chi connectivity index (χ4n) is 2.65. The van der Waals surface area contributed by atoms with Crippen molar-refractivity contribution in [1.29, 1.82) is 0 Å². The summed E-state index contributed by atoms with van der Waals surface area (Å²) in [6.45, 7) is 3.32. The van der Waals surface area contributed by atoms with Crippen molar-refractivity contribution in [1.82, 2.24) is 9.55 Å². The standard InChI is InChI=1S/C13H16FN3O2/c1-13(3-4-19-7-13)17-10-6-11(18-2)8(14)5-9(10)16-12(17)15/h5-6H,3-4,7H2,1-2H3,(H2,15,16). The summed E-state index contributed by atoms with van der Waals surface area (Å²) in [6, 6.07) is 2.98. The second-order valence-corrected chi connectivity index (χ2v) is 5.08. The van der Waals surface area contributed by atoms with Crippen molar-refractivity contribution in [2.24, 2.45) is 0 Å². The van der Waals surface area contributed by atoms with Crippen LogP contribution >= 0.6 is 0 Å². The van der Waals surface area contributed by atoms with Crippen molar-refractivity contribution in [3.8, 4) is 5.75 Å². The SMILES string of the molecule is COc1cc2c(cc1F)nc(N)n2C1(C)CCOC1. The van der Waals surface area contributed by atoms with Crippen molar-refractivity contribution in [3.05, 3.63) is 17.9 Å². The van der Waals surface area contributed by atoms with Gasteiger partial charge in [-0.15, -0.1) is 0 Å². The lowest BCUT2D eigenvalue weighted by Gasteiger charge is -2.26. The summed E-state index contributed by atoms with van der Waals surface area (Å²) in [7, 11) is 1.44. The molecular weight excluding hydrogens is 249 g/mol. The van der Waals surface area contributed by atoms with Gasteiger partial charge in [-0.05, 0) is 13.3 Å². The molecule has 1 aromatic heterocycles. The van der Waals surface area contributed by atoms with E-state index in [0.29, 0.717) is 24.7 Å². The van der Waals surface area contributed by atoms with Crippen molar-refractivity contribution in [3.63, 3.8) is 0 Å². The average Bonchev–Trinajstić information content (AvgIpc) is 2.91. The number of anilines is 1. The van der Waals surface area contributed by atoms with Gasteiger partial charge in [0, 0.05) is 18.7 Å². The van der Waals surface area contributed by atoms with Gasteiger partial charge in [-0.25, -0.2) is 9.37 Å². The van der Waals surface area contributed by atoms with E-state index in [1.807, 2.05) is 4.57 Å². The summed E-state index contributed by atoms with van der Waals surface area (Å²) < 4.78 is 26.1. The van der Waals surface area contributed by atoms with E-state index in [-0.39, 0.29) is 11.3 Å². The van der Waals surface area contributed by atoms with Crippen molar-refractivity contribution < 1.29 is 13.9 Å². The van der Waals surface area contributed by atoms with E-state index in [1.165, 1.54) is 13.2 Å². The minimum atomic E-state index is -0.438. The average molecular weight is 265 g/mol. The second-order valence-electron chi connectivity index (χ2n) is 5.08. The van der Waals surface area contributed by atoms with Gasteiger partial charge in [0.25, 0.3) is 0 Å². The number of nitrogens with two attached hydrogens (primary N) is 1. The fraction of sp³-hybridized carbons (Fsp3) is 0.462. The molecule has 0 radical (unpaired) electrons. The summed E-state index contributed by atoms with van der Waals surface area (Å²) >= 11 is 0. The number of aromatic nitrogens is 2. The third-order valence-electron chi connectivity index (χ3n) is 3.69. The predicted octanol–water partition coefficient (Wildman–Crippen LogP) is 1.90. The fourth-order valence-corrected chi connectivity index (χ4v) is 2.65. The maximum atomic E-state index is 13.7. The van der Waals surface area contributed by atoms with E-state index in [4.69, 9.17) is 15.2 Å². The first-order chi connectivity index (χ1) is 9.05. The number of hydrogen-bond donors (Lipinski definition) is 1. The number of methoxy groups -OCH3 is 1. The lowest BCUT2D eigenvalue weighted by molar-refractivity contribution is 0.164. The molecule has 1 saturated heterocycles. The Morgan fingerprint density at radius 3 is 2.95 bits per heavy atom. The summed E-state index contributed by atoms with van der Waals surface area (Å²) in [4.78, 5) is 4.23. The topological polar surface area (TPSA) is 62.3 Å². The van der Waals surface area contributed by atoms with Crippen molar-refractivity contribution in [2.45, 2.75) is 18.9 Å². The zero-order valence-electron chi connectivity index (χ0n) is 10.9. The quantitative estimate of drug-likeness (QED) is 0.900. The number of rotatable bonds is 2. The third kappa shape index (κ3) is 1.74. The molecule has 2 N–H and O–H groups in total. The van der Waals surface area contributed by atoms with Crippen LogP contribution in [0.1, 0.15) is 13.3 Å². The number of benzene rings is 1. The van der Waals surface area contributed by atoms with E-state index < -0.39 is 5.82 Å². The highest BCUT2D eigenvalue weighted by Crippen LogP contribution is 2.35. The highest BCUT2D eigenvalue weighted by atomic mass is 19.1. The highest BCUT2D eigenvalue weighted by molar-refractivity contribution is 5.80. The number of ether oxygens (including phenoxy) is 2. The van der Waals surface area contributed by atoms with Crippen LogP contribution in [0.3, 0.4) is 0 Å². The minimum Gasteiger partial charge on any atom is -0.494 e. The Kier molecular flexibility index (Phi) is 2.63. The first kappa shape index (κ1) is 12.2. The van der Waals surface area contributed by atoms with E-state index in [1.54, 1.807) is 6.07 Å². The number of fused-ring (bicyclic) bond motifs is 1. The van der Waals surface area contributed by atoms with Crippen LogP contribution in [-0.4, -0.2) is 29.9 Å². The molecule has 1 aliphatic rings. The second kappa shape index (κ2) is 4.09. The van der Waals surface area contributed by atoms with Crippen LogP contribution in [0.5, 0.6) is 5.75 Å². The molecule has 19 heavy (non-hydrogen) atoms. The van der Waals surface area contributed by atoms with E-state index in [9.17, 15) is 4.39 Å². The molecule has 1 atom stereocenters. The Morgan fingerprint density at radius 1 is 1.53 bits per heavy atom. The lowest BCUT2D eigenvalue weighted by Crippen LogP contribution is -2.31. The Labute approximate surface area is 110 Å². The third-order valence-corrected chi connectivity index (χ3v) is 3.69. The number of halogens is 1. The molecule has 0 spiro atoms. The largest absolute Gasteiger partial charge is 0.494 e. The Hall–Kier alpha value is -1.82. The molecule has 2 aromatic rings. The van der Waals surface area contributed by atoms with Crippen LogP contribution < -0.4 is 10.5 Å². The normalized spacial score (nSPS) is 23.1. The summed E-state index contributed by atoms with van der Waals surface area (Å²) in [5.41, 5.74) is 7.04. The number of nitrogens with zero attached hydrogens (tertiary/aromatic N) is 2. The molecular formula is C13H16FN3O2. The number of hydrogen-bond acceptors (Lipinski definition) is 4. The molecule has 6 heteroatoms. The first-order valence-electron chi connectivity index (χ1n) is 6.15. The summed E-state index contributed by atoms with van der Waals surface area (Å²) in [5, 5.41) is 0. The van der Waals surface area contributed by atoms with Gasteiger partial charge in [-0.2, -0.15) is 0 Å². The van der Waals surface area contributed by atoms with Crippen LogP contribution in [0.2, 0.25) is 0 Å². The summed E-state index contributed by atoms with van der Waals surface area (Å²) in [5.74, 6) is 0.124. The minimum absolute atomic E-state index is 0.191. The van der Waals surface area contributed by atoms with Gasteiger partial charge in [-0.1, -0.05) is 0 Å². The molecule has 1 aromatic carbocycles. The molecule has 1 unspecified atom stereocenters. The zero-order chi connectivity index (χ0) is 13.6. The molecule has 0 bridgehead atoms. The van der Waals surface area contributed by atoms with Crippen LogP contribution in [0.15, 0.2) is 12.1 Å². The van der Waals surface area contributed by atoms with Gasteiger partial charge >= 0.3 is 0 Å². The predicted molar refractivity (Wildman–Crippen MR) is 69.7 cm³/mol. The molecule has 0 saturated carbocycles. The van der Waals surface area contributed by atoms with E-state index in [0.717, 1.165) is 11.9 Å². The molecule has 3 rings (SSSR count). The Bertz CT molecular complexity index is 632. The van der Waals surface area contributed by atoms with Crippen LogP contribution in [0, 0.1) is 5.82 Å². The van der Waals surface area contributed by atoms with Gasteiger partial charge in [0.15, 0.2) is 11.6 Å². The van der Waals surface area contributed by atoms with Gasteiger partial charge in [0.1, 0.15) is 0 Å². The Balaban J connectivity index is 2.26. The molecule has 0 amide bonds. The van der Waals surface area contributed by atoms with Crippen LogP contribution in [0.4, 0.5) is 10.3 Å². The number of nitrogen functional groups attached to an aromatic ring is 1. The van der Waals surface area contributed by atoms with Crippen LogP contribution in [0.25, 0.3) is 11.0 Å². The lowest BCUT2D eigenvalue weighted by atomic mass is 10.0. The monoisotopic (exact) mass is 265 g/mol. The van der Waals surface area contributed by atoms with Crippen LogP contribution in [-0.2, 0) is 10.3 Å². The first-order valence-corrected chi connectivity index (χ1v) is 6.15. The Morgan fingerprint density at radius 2 is 2.32 bits per heavy atom. The van der Waals surface area contributed by atoms with E-state index in [2.05, 4.69) is 11.9 Å². The zero-order valence-corrected chi connectivity index (χ0v) is 10.9. The molecule has 1 aliphatic heterocycles. The molecule has 102 valence electrons. The molecule has 2 heterocycles. The maximum Gasteiger partial charge on any atom is 0.201 e. The maximum absolute atomic E-state index is 13.7. The molecule has 0 aliphatic carbocycles.